The van der Waals surface area contributed by atoms with E-state index in [0.29, 0.717) is 19.5 Å². The highest BCUT2D eigenvalue weighted by Gasteiger charge is 2.34. The highest BCUT2D eigenvalue weighted by molar-refractivity contribution is 5.87. The summed E-state index contributed by atoms with van der Waals surface area (Å²) >= 11 is 0. The van der Waals surface area contributed by atoms with Crippen LogP contribution in [0.2, 0.25) is 0 Å². The van der Waals surface area contributed by atoms with Crippen LogP contribution in [0.5, 0.6) is 0 Å². The number of carbonyl (C=O) groups excluding carboxylic acids is 2. The lowest BCUT2D eigenvalue weighted by atomic mass is 10.1. The maximum Gasteiger partial charge on any atom is 0.318 e. The normalized spacial score (nSPS) is 21.6. The zero-order valence-corrected chi connectivity index (χ0v) is 12.6. The second-order valence-corrected chi connectivity index (χ2v) is 5.97. The smallest absolute Gasteiger partial charge is 0.318 e. The van der Waals surface area contributed by atoms with Gasteiger partial charge in [-0.15, -0.1) is 0 Å². The zero-order valence-electron chi connectivity index (χ0n) is 12.6. The van der Waals surface area contributed by atoms with Gasteiger partial charge in [-0.25, -0.2) is 4.79 Å². The number of hydrogen-bond acceptors (Lipinski definition) is 3. The molecule has 1 aliphatic carbocycles. The molecule has 2 heterocycles. The van der Waals surface area contributed by atoms with Crippen LogP contribution in [0.1, 0.15) is 37.8 Å². The minimum Gasteiger partial charge on any atom is -0.354 e. The molecular weight excluding hydrogens is 280 g/mol. The monoisotopic (exact) mass is 302 g/mol. The van der Waals surface area contributed by atoms with Crippen molar-refractivity contribution >= 4 is 11.9 Å². The first-order chi connectivity index (χ1) is 10.7. The average molecular weight is 302 g/mol. The van der Waals surface area contributed by atoms with Crippen LogP contribution in [-0.4, -0.2) is 40.5 Å². The number of nitrogens with one attached hydrogen (secondary N) is 2. The van der Waals surface area contributed by atoms with Gasteiger partial charge < -0.3 is 15.5 Å². The van der Waals surface area contributed by atoms with E-state index in [1.165, 1.54) is 0 Å². The summed E-state index contributed by atoms with van der Waals surface area (Å²) in [5.41, 5.74) is 0.870. The summed E-state index contributed by atoms with van der Waals surface area (Å²) in [6.07, 6.45) is 6.41. The number of nitrogens with zero attached hydrogens (tertiary/aromatic N) is 2. The number of pyridine rings is 1. The second-order valence-electron chi connectivity index (χ2n) is 5.97. The minimum atomic E-state index is -0.417. The first-order valence-corrected chi connectivity index (χ1v) is 7.99. The van der Waals surface area contributed by atoms with Crippen molar-refractivity contribution < 1.29 is 9.59 Å². The van der Waals surface area contributed by atoms with Gasteiger partial charge in [-0.2, -0.15) is 0 Å². The van der Waals surface area contributed by atoms with Gasteiger partial charge in [0.05, 0.1) is 12.2 Å². The molecule has 0 spiro atoms. The molecule has 2 aliphatic rings. The topological polar surface area (TPSA) is 74.3 Å². The van der Waals surface area contributed by atoms with Crippen molar-refractivity contribution in [3.8, 4) is 0 Å². The lowest BCUT2D eigenvalue weighted by Gasteiger charge is -2.25. The maximum absolute atomic E-state index is 12.6. The molecule has 1 aromatic rings. The van der Waals surface area contributed by atoms with Crippen molar-refractivity contribution in [3.05, 3.63) is 30.1 Å². The van der Waals surface area contributed by atoms with E-state index in [1.54, 1.807) is 11.1 Å². The van der Waals surface area contributed by atoms with E-state index in [0.717, 1.165) is 31.4 Å². The minimum absolute atomic E-state index is 0.0700. The SMILES string of the molecule is O=C1NCCCC[C@H]1NC(=O)N(Cc1ccccn1)C1CC1. The predicted molar refractivity (Wildman–Crippen MR) is 82.0 cm³/mol. The quantitative estimate of drug-likeness (QED) is 0.883. The van der Waals surface area contributed by atoms with Crippen molar-refractivity contribution in [1.82, 2.24) is 20.5 Å². The van der Waals surface area contributed by atoms with Gasteiger partial charge in [0.2, 0.25) is 5.91 Å². The van der Waals surface area contributed by atoms with Crippen molar-refractivity contribution in [3.63, 3.8) is 0 Å². The van der Waals surface area contributed by atoms with E-state index in [1.807, 2.05) is 18.2 Å². The molecule has 0 aromatic carbocycles. The summed E-state index contributed by atoms with van der Waals surface area (Å²) in [5, 5.41) is 5.75. The molecule has 6 heteroatoms. The Morgan fingerprint density at radius 1 is 1.32 bits per heavy atom. The van der Waals surface area contributed by atoms with Crippen molar-refractivity contribution in [2.45, 2.75) is 50.7 Å². The van der Waals surface area contributed by atoms with E-state index in [2.05, 4.69) is 15.6 Å². The second kappa shape index (κ2) is 6.77. The number of hydrogen-bond donors (Lipinski definition) is 2. The Bertz CT molecular complexity index is 530. The highest BCUT2D eigenvalue weighted by Crippen LogP contribution is 2.28. The molecule has 6 nitrogen and oxygen atoms in total. The summed E-state index contributed by atoms with van der Waals surface area (Å²) in [6.45, 7) is 1.19. The van der Waals surface area contributed by atoms with E-state index in [-0.39, 0.29) is 18.0 Å². The van der Waals surface area contributed by atoms with Gasteiger partial charge in [0.25, 0.3) is 0 Å². The number of amides is 3. The average Bonchev–Trinajstić information content (AvgIpc) is 3.36. The van der Waals surface area contributed by atoms with Crippen LogP contribution in [0.3, 0.4) is 0 Å². The Hall–Kier alpha value is -2.11. The van der Waals surface area contributed by atoms with Crippen LogP contribution in [0.4, 0.5) is 4.79 Å². The Balaban J connectivity index is 1.63. The van der Waals surface area contributed by atoms with E-state index in [9.17, 15) is 9.59 Å². The molecule has 2 fully saturated rings. The molecule has 1 aliphatic heterocycles. The third kappa shape index (κ3) is 3.75. The van der Waals surface area contributed by atoms with Crippen molar-refractivity contribution in [2.24, 2.45) is 0 Å². The predicted octanol–water partition coefficient (Wildman–Crippen LogP) is 1.42. The lowest BCUT2D eigenvalue weighted by molar-refractivity contribution is -0.122. The Morgan fingerprint density at radius 2 is 2.18 bits per heavy atom. The Kier molecular flexibility index (Phi) is 4.56. The first-order valence-electron chi connectivity index (χ1n) is 7.99. The van der Waals surface area contributed by atoms with Gasteiger partial charge in [-0.1, -0.05) is 6.07 Å². The van der Waals surface area contributed by atoms with E-state index in [4.69, 9.17) is 0 Å². The molecule has 2 N–H and O–H groups in total. The molecule has 0 unspecified atom stereocenters. The summed E-state index contributed by atoms with van der Waals surface area (Å²) < 4.78 is 0. The molecular formula is C16H22N4O2. The van der Waals surface area contributed by atoms with Crippen LogP contribution < -0.4 is 10.6 Å². The third-order valence-electron chi connectivity index (χ3n) is 4.14. The summed E-state index contributed by atoms with van der Waals surface area (Å²) in [7, 11) is 0. The number of carbonyl (C=O) groups is 2. The molecule has 0 radical (unpaired) electrons. The molecule has 118 valence electrons. The third-order valence-corrected chi connectivity index (χ3v) is 4.14. The summed E-state index contributed by atoms with van der Waals surface area (Å²) in [6, 6.07) is 5.40. The number of urea groups is 1. The highest BCUT2D eigenvalue weighted by atomic mass is 16.2. The fraction of sp³-hybridized carbons (Fsp3) is 0.562. The number of aromatic nitrogens is 1. The molecule has 22 heavy (non-hydrogen) atoms. The molecule has 1 aromatic heterocycles. The summed E-state index contributed by atoms with van der Waals surface area (Å²) in [5.74, 6) is -0.0700. The largest absolute Gasteiger partial charge is 0.354 e. The van der Waals surface area contributed by atoms with Crippen LogP contribution in [0.25, 0.3) is 0 Å². The van der Waals surface area contributed by atoms with Crippen LogP contribution in [-0.2, 0) is 11.3 Å². The molecule has 1 atom stereocenters. The van der Waals surface area contributed by atoms with Crippen LogP contribution in [0, 0.1) is 0 Å². The van der Waals surface area contributed by atoms with E-state index < -0.39 is 6.04 Å². The molecule has 3 amide bonds. The Labute approximate surface area is 130 Å². The fourth-order valence-electron chi connectivity index (χ4n) is 2.73. The van der Waals surface area contributed by atoms with Gasteiger partial charge in [-0.3, -0.25) is 9.78 Å². The standard InChI is InChI=1S/C16H22N4O2/c21-15-14(6-2-4-10-18-15)19-16(22)20(13-7-8-13)11-12-5-1-3-9-17-12/h1,3,5,9,13-14H,2,4,6-8,10-11H2,(H,18,21)(H,19,22)/t14-/m1/s1. The molecule has 1 saturated heterocycles. The lowest BCUT2D eigenvalue weighted by Crippen LogP contribution is -2.50. The van der Waals surface area contributed by atoms with Gasteiger partial charge in [0.15, 0.2) is 0 Å². The summed E-state index contributed by atoms with van der Waals surface area (Å²) in [4.78, 5) is 30.6. The fourth-order valence-corrected chi connectivity index (χ4v) is 2.73. The van der Waals surface area contributed by atoms with Crippen LogP contribution >= 0.6 is 0 Å². The van der Waals surface area contributed by atoms with Gasteiger partial charge in [-0.05, 0) is 44.2 Å². The maximum atomic E-state index is 12.6. The van der Waals surface area contributed by atoms with Gasteiger partial charge in [0, 0.05) is 18.8 Å². The molecule has 0 bridgehead atoms. The van der Waals surface area contributed by atoms with Crippen LogP contribution in [0.15, 0.2) is 24.4 Å². The molecule has 1 saturated carbocycles. The zero-order chi connectivity index (χ0) is 15.4. The van der Waals surface area contributed by atoms with Crippen molar-refractivity contribution in [2.75, 3.05) is 6.54 Å². The number of rotatable bonds is 4. The van der Waals surface area contributed by atoms with E-state index >= 15 is 0 Å². The first kappa shape index (κ1) is 14.8. The Morgan fingerprint density at radius 3 is 2.91 bits per heavy atom. The molecule has 3 rings (SSSR count). The van der Waals surface area contributed by atoms with Gasteiger partial charge >= 0.3 is 6.03 Å². The van der Waals surface area contributed by atoms with Crippen molar-refractivity contribution in [1.29, 1.82) is 0 Å². The van der Waals surface area contributed by atoms with Gasteiger partial charge in [0.1, 0.15) is 6.04 Å².